The molecule has 0 aromatic heterocycles. The van der Waals surface area contributed by atoms with Crippen molar-refractivity contribution in [2.24, 2.45) is 0 Å². The molecule has 2 aromatic rings. The van der Waals surface area contributed by atoms with Gasteiger partial charge in [-0.25, -0.2) is 8.42 Å². The van der Waals surface area contributed by atoms with Crippen molar-refractivity contribution in [3.63, 3.8) is 0 Å². The van der Waals surface area contributed by atoms with Crippen LogP contribution in [-0.4, -0.2) is 56.8 Å². The van der Waals surface area contributed by atoms with E-state index in [1.807, 2.05) is 0 Å². The van der Waals surface area contributed by atoms with E-state index in [0.717, 1.165) is 5.56 Å². The Labute approximate surface area is 198 Å². The minimum atomic E-state index is -1.89. The molecule has 9 nitrogen and oxygen atoms in total. The monoisotopic (exact) mass is 497 g/mol. The molecule has 0 radical (unpaired) electrons. The molecule has 0 aliphatic rings. The van der Waals surface area contributed by atoms with E-state index in [2.05, 4.69) is 15.3 Å². The molecule has 0 fully saturated rings. The van der Waals surface area contributed by atoms with E-state index in [0.29, 0.717) is 46.5 Å². The number of benzene rings is 2. The van der Waals surface area contributed by atoms with Gasteiger partial charge in [0.1, 0.15) is 51.0 Å². The van der Waals surface area contributed by atoms with Crippen LogP contribution in [0.3, 0.4) is 0 Å². The van der Waals surface area contributed by atoms with Crippen LogP contribution in [0.2, 0.25) is 0 Å². The Kier molecular flexibility index (Phi) is 10.3. The summed E-state index contributed by atoms with van der Waals surface area (Å²) in [7, 11) is 5.55. The van der Waals surface area contributed by atoms with Crippen LogP contribution in [0.25, 0.3) is 0 Å². The van der Waals surface area contributed by atoms with Crippen molar-refractivity contribution >= 4 is 22.0 Å². The minimum absolute atomic E-state index is 0.154. The molecule has 1 N–H and O–H groups in total. The molecule has 2 aromatic carbocycles. The third-order valence-electron chi connectivity index (χ3n) is 4.51. The van der Waals surface area contributed by atoms with Crippen LogP contribution in [0.5, 0.6) is 34.5 Å². The Balaban J connectivity index is 2.11. The van der Waals surface area contributed by atoms with E-state index in [-0.39, 0.29) is 5.75 Å². The first kappa shape index (κ1) is 26.3. The number of methoxy groups -OCH3 is 6. The maximum Gasteiger partial charge on any atom is 0.183 e. The molecule has 2 unspecified atom stereocenters. The van der Waals surface area contributed by atoms with Crippen molar-refractivity contribution in [3.05, 3.63) is 35.4 Å². The average Bonchev–Trinajstić information content (AvgIpc) is 2.84. The van der Waals surface area contributed by atoms with E-state index in [1.54, 1.807) is 31.4 Å². The quantitative estimate of drug-likeness (QED) is 0.472. The zero-order valence-corrected chi connectivity index (χ0v) is 20.9. The standard InChI is InChI=1S/C22H27NO8S2/c1-26-15-11-19(28-3)17(20(12-15)29-4)7-9-32(24)23-33(25)10-8-18-21(30-5)13-16(27-2)14-22(18)31-6/h11-14,23H,7,9H2,1-6H3. The predicted molar refractivity (Wildman–Crippen MR) is 127 cm³/mol. The zero-order valence-electron chi connectivity index (χ0n) is 19.3. The average molecular weight is 498 g/mol. The highest BCUT2D eigenvalue weighted by Crippen LogP contribution is 2.35. The topological polar surface area (TPSA) is 102 Å². The first-order valence-corrected chi connectivity index (χ1v) is 12.0. The Hall–Kier alpha value is -2.94. The van der Waals surface area contributed by atoms with E-state index in [4.69, 9.17) is 28.4 Å². The number of hydrogen-bond acceptors (Lipinski definition) is 8. The smallest absolute Gasteiger partial charge is 0.183 e. The fourth-order valence-electron chi connectivity index (χ4n) is 2.89. The van der Waals surface area contributed by atoms with Crippen LogP contribution in [0.1, 0.15) is 11.1 Å². The van der Waals surface area contributed by atoms with Crippen LogP contribution in [0.4, 0.5) is 0 Å². The maximum absolute atomic E-state index is 12.5. The van der Waals surface area contributed by atoms with Gasteiger partial charge in [0.2, 0.25) is 0 Å². The largest absolute Gasteiger partial charge is 0.496 e. The first-order chi connectivity index (χ1) is 15.9. The third-order valence-corrected chi connectivity index (χ3v) is 6.72. The van der Waals surface area contributed by atoms with Gasteiger partial charge in [-0.1, -0.05) is 0 Å². The zero-order chi connectivity index (χ0) is 24.4. The summed E-state index contributed by atoms with van der Waals surface area (Å²) < 4.78 is 59.1. The van der Waals surface area contributed by atoms with Gasteiger partial charge in [0.05, 0.1) is 42.7 Å². The van der Waals surface area contributed by atoms with Gasteiger partial charge in [0.25, 0.3) is 0 Å². The summed E-state index contributed by atoms with van der Waals surface area (Å²) >= 11 is 0. The molecule has 180 valence electrons. The van der Waals surface area contributed by atoms with Gasteiger partial charge in [-0.15, -0.1) is 4.13 Å². The summed E-state index contributed by atoms with van der Waals surface area (Å²) in [6.07, 6.45) is 0.348. The molecule has 0 saturated carbocycles. The highest BCUT2D eigenvalue weighted by molar-refractivity contribution is 8.00. The second-order valence-electron chi connectivity index (χ2n) is 6.30. The summed E-state index contributed by atoms with van der Waals surface area (Å²) in [4.78, 5) is 0. The number of rotatable bonds is 11. The van der Waals surface area contributed by atoms with Crippen LogP contribution in [0, 0.1) is 11.2 Å². The fraction of sp³-hybridized carbons (Fsp3) is 0.364. The molecule has 11 heteroatoms. The summed E-state index contributed by atoms with van der Waals surface area (Å²) in [5.41, 5.74) is 1.12. The Bertz CT molecular complexity index is 1030. The van der Waals surface area contributed by atoms with Crippen LogP contribution >= 0.6 is 0 Å². The van der Waals surface area contributed by atoms with E-state index < -0.39 is 22.0 Å². The molecule has 33 heavy (non-hydrogen) atoms. The van der Waals surface area contributed by atoms with E-state index in [9.17, 15) is 8.42 Å². The summed E-state index contributed by atoms with van der Waals surface area (Å²) in [6.45, 7) is 0. The first-order valence-electron chi connectivity index (χ1n) is 9.57. The third kappa shape index (κ3) is 7.02. The lowest BCUT2D eigenvalue weighted by atomic mass is 10.1. The van der Waals surface area contributed by atoms with Gasteiger partial charge in [0.15, 0.2) is 11.0 Å². The predicted octanol–water partition coefficient (Wildman–Crippen LogP) is 2.21. The van der Waals surface area contributed by atoms with E-state index in [1.165, 1.54) is 35.5 Å². The summed E-state index contributed by atoms with van der Waals surface area (Å²) in [5.74, 6) is 5.90. The minimum Gasteiger partial charge on any atom is -0.496 e. The molecule has 0 aliphatic carbocycles. The van der Waals surface area contributed by atoms with Gasteiger partial charge in [-0.3, -0.25) is 0 Å². The molecule has 2 rings (SSSR count). The number of ether oxygens (including phenoxy) is 6. The second kappa shape index (κ2) is 12.9. The normalized spacial score (nSPS) is 12.1. The van der Waals surface area contributed by atoms with Gasteiger partial charge in [-0.05, 0) is 12.3 Å². The molecule has 2 atom stereocenters. The molecule has 0 aliphatic heterocycles. The van der Waals surface area contributed by atoms with Crippen molar-refractivity contribution < 1.29 is 36.8 Å². The molecule has 0 saturated heterocycles. The van der Waals surface area contributed by atoms with Gasteiger partial charge < -0.3 is 28.4 Å². The highest BCUT2D eigenvalue weighted by Gasteiger charge is 2.15. The maximum atomic E-state index is 12.5. The summed E-state index contributed by atoms with van der Waals surface area (Å²) in [5, 5.41) is 2.53. The Morgan fingerprint density at radius 3 is 1.61 bits per heavy atom. The van der Waals surface area contributed by atoms with Gasteiger partial charge in [-0.2, -0.15) is 0 Å². The molecular weight excluding hydrogens is 470 g/mol. The van der Waals surface area contributed by atoms with Crippen LogP contribution in [0.15, 0.2) is 24.3 Å². The van der Waals surface area contributed by atoms with Crippen molar-refractivity contribution in [2.45, 2.75) is 6.42 Å². The van der Waals surface area contributed by atoms with Gasteiger partial charge >= 0.3 is 0 Å². The summed E-state index contributed by atoms with van der Waals surface area (Å²) in [6, 6.07) is 6.70. The molecule has 0 spiro atoms. The molecular formula is C22H27NO8S2. The highest BCUT2D eigenvalue weighted by atomic mass is 32.3. The van der Waals surface area contributed by atoms with Crippen molar-refractivity contribution in [3.8, 4) is 45.7 Å². The lowest BCUT2D eigenvalue weighted by Crippen LogP contribution is -2.22. The van der Waals surface area contributed by atoms with Crippen molar-refractivity contribution in [2.75, 3.05) is 48.4 Å². The van der Waals surface area contributed by atoms with Crippen molar-refractivity contribution in [1.82, 2.24) is 4.13 Å². The number of hydrogen-bond donors (Lipinski definition) is 1. The SMILES string of the molecule is COc1cc(OC)c(C#CS(=O)NS(=O)CCc2c(OC)cc(OC)cc2OC)c(OC)c1. The lowest BCUT2D eigenvalue weighted by molar-refractivity contribution is 0.369. The Morgan fingerprint density at radius 1 is 0.727 bits per heavy atom. The number of nitrogens with one attached hydrogen (secondary N) is 1. The second-order valence-corrected chi connectivity index (χ2v) is 8.80. The fourth-order valence-corrected chi connectivity index (χ4v) is 4.65. The van der Waals surface area contributed by atoms with E-state index >= 15 is 0 Å². The Morgan fingerprint density at radius 2 is 1.18 bits per heavy atom. The molecule has 0 bridgehead atoms. The lowest BCUT2D eigenvalue weighted by Gasteiger charge is -2.14. The van der Waals surface area contributed by atoms with Crippen LogP contribution < -0.4 is 32.5 Å². The molecule has 0 heterocycles. The van der Waals surface area contributed by atoms with Gasteiger partial charge in [0, 0.05) is 40.8 Å². The van der Waals surface area contributed by atoms with Crippen molar-refractivity contribution in [1.29, 1.82) is 0 Å². The molecule has 0 amide bonds. The van der Waals surface area contributed by atoms with Crippen LogP contribution in [-0.2, 0) is 28.4 Å².